The highest BCUT2D eigenvalue weighted by Crippen LogP contribution is 2.36. The Bertz CT molecular complexity index is 617. The maximum Gasteiger partial charge on any atom is 0.191 e. The van der Waals surface area contributed by atoms with Crippen molar-refractivity contribution in [3.05, 3.63) is 29.3 Å². The average molecular weight is 361 g/mol. The summed E-state index contributed by atoms with van der Waals surface area (Å²) in [5.41, 5.74) is 1.93. The normalized spacial score (nSPS) is 15.6. The number of hydrogen-bond acceptors (Lipinski definition) is 3. The summed E-state index contributed by atoms with van der Waals surface area (Å²) in [6.07, 6.45) is 1.54. The molecule has 0 aliphatic carbocycles. The van der Waals surface area contributed by atoms with E-state index in [0.717, 1.165) is 17.5 Å². The molecule has 0 aromatic heterocycles. The zero-order valence-electron chi connectivity index (χ0n) is 14.4. The molecular formula is C16H28O3S2Si. The molecule has 1 aromatic rings. The summed E-state index contributed by atoms with van der Waals surface area (Å²) in [5.74, 6) is 0. The minimum absolute atomic E-state index is 0.196. The van der Waals surface area contributed by atoms with Gasteiger partial charge in [-0.2, -0.15) is 0 Å². The van der Waals surface area contributed by atoms with Crippen LogP contribution in [0.15, 0.2) is 23.1 Å². The lowest BCUT2D eigenvalue weighted by atomic mass is 10.1. The molecule has 0 heterocycles. The highest BCUT2D eigenvalue weighted by molar-refractivity contribution is 8.29. The van der Waals surface area contributed by atoms with Gasteiger partial charge < -0.3 is 8.98 Å². The Morgan fingerprint density at radius 1 is 1.32 bits per heavy atom. The molecule has 1 rings (SSSR count). The summed E-state index contributed by atoms with van der Waals surface area (Å²) in [6, 6.07) is 5.45. The Labute approximate surface area is 141 Å². The van der Waals surface area contributed by atoms with Crippen LogP contribution in [-0.4, -0.2) is 23.7 Å². The molecule has 126 valence electrons. The molecule has 1 aromatic carbocycles. The van der Waals surface area contributed by atoms with Crippen LogP contribution in [0.4, 0.5) is 0 Å². The fourth-order valence-electron chi connectivity index (χ4n) is 1.96. The van der Waals surface area contributed by atoms with Crippen molar-refractivity contribution in [1.82, 2.24) is 0 Å². The second-order valence-electron chi connectivity index (χ2n) is 7.30. The summed E-state index contributed by atoms with van der Waals surface area (Å²) in [5, 5.41) is 0.196. The van der Waals surface area contributed by atoms with E-state index in [0.29, 0.717) is 17.9 Å². The standard InChI is InChI=1S/C16H28O3S2Si/c1-13-9-10-15(21(17,18)20)14(12-13)8-7-11-19-22(5,6)16(2,3)4/h9-10,12H,7-8,11H2,1-6H3,(H,17,18,20). The van der Waals surface area contributed by atoms with Crippen molar-refractivity contribution < 1.29 is 13.2 Å². The van der Waals surface area contributed by atoms with Gasteiger partial charge in [-0.1, -0.05) is 38.5 Å². The second kappa shape index (κ2) is 7.09. The molecule has 1 unspecified atom stereocenters. The minimum atomic E-state index is -3.34. The molecule has 0 aliphatic rings. The van der Waals surface area contributed by atoms with Crippen molar-refractivity contribution in [2.45, 2.75) is 63.6 Å². The summed E-state index contributed by atoms with van der Waals surface area (Å²) >= 11 is 4.73. The molecule has 6 heteroatoms. The van der Waals surface area contributed by atoms with Gasteiger partial charge in [0.2, 0.25) is 0 Å². The zero-order valence-corrected chi connectivity index (χ0v) is 17.1. The minimum Gasteiger partial charge on any atom is -0.417 e. The van der Waals surface area contributed by atoms with E-state index in [1.54, 1.807) is 6.07 Å². The lowest BCUT2D eigenvalue weighted by Crippen LogP contribution is -2.41. The number of aryl methyl sites for hydroxylation is 2. The summed E-state index contributed by atoms with van der Waals surface area (Å²) < 4.78 is 27.6. The van der Waals surface area contributed by atoms with Gasteiger partial charge in [0.1, 0.15) is 0 Å². The predicted octanol–water partition coefficient (Wildman–Crippen LogP) is 4.53. The highest BCUT2D eigenvalue weighted by atomic mass is 32.8. The van der Waals surface area contributed by atoms with E-state index in [-0.39, 0.29) is 5.04 Å². The molecule has 22 heavy (non-hydrogen) atoms. The van der Waals surface area contributed by atoms with Crippen LogP contribution in [0.25, 0.3) is 0 Å². The van der Waals surface area contributed by atoms with Crippen molar-refractivity contribution in [3.8, 4) is 0 Å². The van der Waals surface area contributed by atoms with Crippen LogP contribution >= 0.6 is 0 Å². The van der Waals surface area contributed by atoms with Gasteiger partial charge in [0.15, 0.2) is 17.1 Å². The van der Waals surface area contributed by atoms with Gasteiger partial charge in [0, 0.05) is 17.8 Å². The quantitative estimate of drug-likeness (QED) is 0.598. The van der Waals surface area contributed by atoms with Gasteiger partial charge in [-0.25, -0.2) is 4.21 Å². The van der Waals surface area contributed by atoms with Crippen LogP contribution in [0.2, 0.25) is 18.1 Å². The Balaban J connectivity index is 2.72. The van der Waals surface area contributed by atoms with Crippen LogP contribution in [0.1, 0.15) is 38.3 Å². The van der Waals surface area contributed by atoms with Crippen molar-refractivity contribution in [2.75, 3.05) is 6.61 Å². The Morgan fingerprint density at radius 3 is 2.41 bits per heavy atom. The van der Waals surface area contributed by atoms with Crippen molar-refractivity contribution in [1.29, 1.82) is 0 Å². The summed E-state index contributed by atoms with van der Waals surface area (Å²) in [6.45, 7) is 13.8. The average Bonchev–Trinajstić information content (AvgIpc) is 2.31. The van der Waals surface area contributed by atoms with Crippen molar-refractivity contribution in [3.63, 3.8) is 0 Å². The smallest absolute Gasteiger partial charge is 0.191 e. The summed E-state index contributed by atoms with van der Waals surface area (Å²) in [7, 11) is -5.07. The summed E-state index contributed by atoms with van der Waals surface area (Å²) in [4.78, 5) is 0.375. The molecule has 1 N–H and O–H groups in total. The molecule has 0 radical (unpaired) electrons. The second-order valence-corrected chi connectivity index (χ2v) is 14.9. The van der Waals surface area contributed by atoms with E-state index in [1.165, 1.54) is 0 Å². The van der Waals surface area contributed by atoms with Gasteiger partial charge in [0.05, 0.1) is 4.90 Å². The molecule has 0 aliphatic heterocycles. The SMILES string of the molecule is Cc1ccc(S(=O)(O)=S)c(CCCO[Si](C)(C)C(C)(C)C)c1. The first kappa shape index (κ1) is 19.8. The lowest BCUT2D eigenvalue weighted by molar-refractivity contribution is 0.282. The monoisotopic (exact) mass is 360 g/mol. The third-order valence-electron chi connectivity index (χ3n) is 4.35. The molecule has 3 nitrogen and oxygen atoms in total. The first-order valence-electron chi connectivity index (χ1n) is 7.55. The molecule has 0 amide bonds. The topological polar surface area (TPSA) is 46.5 Å². The maximum atomic E-state index is 11.8. The van der Waals surface area contributed by atoms with Crippen molar-refractivity contribution >= 4 is 28.3 Å². The molecular weight excluding hydrogens is 332 g/mol. The van der Waals surface area contributed by atoms with Crippen molar-refractivity contribution in [2.24, 2.45) is 0 Å². The third kappa shape index (κ3) is 5.42. The Morgan fingerprint density at radius 2 is 1.91 bits per heavy atom. The Kier molecular flexibility index (Phi) is 6.37. The van der Waals surface area contributed by atoms with E-state index in [4.69, 9.17) is 15.6 Å². The fraction of sp³-hybridized carbons (Fsp3) is 0.625. The van der Waals surface area contributed by atoms with E-state index < -0.39 is 17.1 Å². The first-order chi connectivity index (χ1) is 9.84. The Hall–Kier alpha value is -0.273. The van der Waals surface area contributed by atoms with Gasteiger partial charge in [-0.05, 0) is 49.5 Å². The van der Waals surface area contributed by atoms with Crippen LogP contribution < -0.4 is 0 Å². The largest absolute Gasteiger partial charge is 0.417 e. The van der Waals surface area contributed by atoms with E-state index in [2.05, 4.69) is 33.9 Å². The van der Waals surface area contributed by atoms with E-state index >= 15 is 0 Å². The number of benzene rings is 1. The molecule has 1 atom stereocenters. The van der Waals surface area contributed by atoms with Gasteiger partial charge in [0.25, 0.3) is 0 Å². The molecule has 0 spiro atoms. The van der Waals surface area contributed by atoms with Gasteiger partial charge in [-0.3, -0.25) is 0 Å². The zero-order chi connectivity index (χ0) is 17.2. The molecule has 0 fully saturated rings. The van der Waals surface area contributed by atoms with E-state index in [9.17, 15) is 8.76 Å². The number of hydrogen-bond donors (Lipinski definition) is 1. The van der Waals surface area contributed by atoms with E-state index in [1.807, 2.05) is 19.1 Å². The highest BCUT2D eigenvalue weighted by Gasteiger charge is 2.36. The lowest BCUT2D eigenvalue weighted by Gasteiger charge is -2.36. The maximum absolute atomic E-state index is 11.8. The predicted molar refractivity (Wildman–Crippen MR) is 99.1 cm³/mol. The fourth-order valence-corrected chi connectivity index (χ4v) is 4.27. The molecule has 0 saturated carbocycles. The third-order valence-corrected chi connectivity index (χ3v) is 10.4. The van der Waals surface area contributed by atoms with Crippen LogP contribution in [0.3, 0.4) is 0 Å². The van der Waals surface area contributed by atoms with Gasteiger partial charge in [-0.15, -0.1) is 0 Å². The molecule has 0 bridgehead atoms. The van der Waals surface area contributed by atoms with Crippen LogP contribution in [-0.2, 0) is 30.8 Å². The van der Waals surface area contributed by atoms with Crippen LogP contribution in [0, 0.1) is 6.92 Å². The van der Waals surface area contributed by atoms with Crippen LogP contribution in [0.5, 0.6) is 0 Å². The number of rotatable bonds is 6. The first-order valence-corrected chi connectivity index (χ1v) is 12.9. The van der Waals surface area contributed by atoms with Gasteiger partial charge >= 0.3 is 0 Å². The molecule has 0 saturated heterocycles.